The Labute approximate surface area is 261 Å². The molecule has 1 nitrogen and oxygen atoms in total. The molecule has 0 atom stereocenters. The highest BCUT2D eigenvalue weighted by Gasteiger charge is 2.56. The van der Waals surface area contributed by atoms with Crippen molar-refractivity contribution in [2.24, 2.45) is 0 Å². The van der Waals surface area contributed by atoms with Gasteiger partial charge in [-0.05, 0) is 72.8 Å². The third-order valence-electron chi connectivity index (χ3n) is 8.38. The number of pyridine rings is 1. The molecular formula is C41H34NP2+3. The van der Waals surface area contributed by atoms with Crippen LogP contribution in [0.2, 0.25) is 0 Å². The first-order chi connectivity index (χ1) is 21.8. The number of aromatic nitrogens is 1. The molecule has 0 radical (unpaired) electrons. The van der Waals surface area contributed by atoms with Crippen LogP contribution in [0.1, 0.15) is 0 Å². The maximum atomic E-state index is 3.84. The SMILES string of the molecule is c1ccc([P+](c2ccccc2)(c2ccccc2)c2cc[nH+]c([P+](c3ccccc3)(c3ccccc3)c3ccccc3)c2)cc1. The molecule has 0 spiro atoms. The minimum absolute atomic E-state index is 1.24. The molecule has 1 aromatic heterocycles. The van der Waals surface area contributed by atoms with Crippen LogP contribution in [-0.2, 0) is 0 Å². The third-order valence-corrected chi connectivity index (χ3v) is 16.8. The van der Waals surface area contributed by atoms with Crippen molar-refractivity contribution in [1.82, 2.24) is 0 Å². The van der Waals surface area contributed by atoms with Gasteiger partial charge in [-0.3, -0.25) is 0 Å². The zero-order valence-corrected chi connectivity index (χ0v) is 26.2. The molecule has 0 aliphatic rings. The Hall–Kier alpha value is -4.67. The van der Waals surface area contributed by atoms with Gasteiger partial charge in [0.15, 0.2) is 6.20 Å². The molecule has 3 heteroatoms. The van der Waals surface area contributed by atoms with E-state index in [1.807, 2.05) is 0 Å². The number of aromatic amines is 1. The van der Waals surface area contributed by atoms with Gasteiger partial charge in [-0.2, -0.15) is 4.98 Å². The summed E-state index contributed by atoms with van der Waals surface area (Å²) in [5, 5.41) is 9.35. The van der Waals surface area contributed by atoms with E-state index in [0.717, 1.165) is 0 Å². The van der Waals surface area contributed by atoms with Crippen molar-refractivity contribution in [3.8, 4) is 0 Å². The highest BCUT2D eigenvalue weighted by atomic mass is 31.2. The zero-order chi connectivity index (χ0) is 29.7. The van der Waals surface area contributed by atoms with E-state index in [-0.39, 0.29) is 0 Å². The molecule has 0 aliphatic carbocycles. The summed E-state index contributed by atoms with van der Waals surface area (Å²) in [6.45, 7) is 0. The van der Waals surface area contributed by atoms with Gasteiger partial charge < -0.3 is 0 Å². The first-order valence-corrected chi connectivity index (χ1v) is 18.6. The summed E-state index contributed by atoms with van der Waals surface area (Å²) in [4.78, 5) is 3.84. The summed E-state index contributed by atoms with van der Waals surface area (Å²) >= 11 is 0. The van der Waals surface area contributed by atoms with Crippen LogP contribution in [0, 0.1) is 0 Å². The van der Waals surface area contributed by atoms with Gasteiger partial charge in [0.1, 0.15) is 44.4 Å². The van der Waals surface area contributed by atoms with E-state index < -0.39 is 14.5 Å². The minimum atomic E-state index is -2.31. The van der Waals surface area contributed by atoms with Crippen LogP contribution in [0.4, 0.5) is 0 Å². The van der Waals surface area contributed by atoms with Crippen LogP contribution >= 0.6 is 14.5 Å². The second kappa shape index (κ2) is 12.5. The highest BCUT2D eigenvalue weighted by Crippen LogP contribution is 2.56. The van der Waals surface area contributed by atoms with Crippen molar-refractivity contribution in [1.29, 1.82) is 0 Å². The predicted octanol–water partition coefficient (Wildman–Crippen LogP) is 5.74. The summed E-state index contributed by atoms with van der Waals surface area (Å²) in [5.41, 5.74) is 1.24. The van der Waals surface area contributed by atoms with Crippen molar-refractivity contribution >= 4 is 57.1 Å². The molecule has 6 aromatic carbocycles. The number of hydrogen-bond acceptors (Lipinski definition) is 0. The lowest BCUT2D eigenvalue weighted by atomic mass is 10.3. The first-order valence-electron chi connectivity index (χ1n) is 15.0. The molecule has 0 aliphatic heterocycles. The predicted molar refractivity (Wildman–Crippen MR) is 193 cm³/mol. The third kappa shape index (κ3) is 4.80. The summed E-state index contributed by atoms with van der Waals surface area (Å²) in [7, 11) is -4.59. The maximum absolute atomic E-state index is 3.84. The molecule has 0 fully saturated rings. The second-order valence-electron chi connectivity index (χ2n) is 10.8. The number of hydrogen-bond donors (Lipinski definition) is 0. The number of nitrogens with one attached hydrogen (secondary N) is 1. The van der Waals surface area contributed by atoms with E-state index in [1.165, 1.54) is 42.6 Å². The van der Waals surface area contributed by atoms with Crippen molar-refractivity contribution in [2.45, 2.75) is 0 Å². The summed E-state index contributed by atoms with van der Waals surface area (Å²) in [6, 6.07) is 71.4. The second-order valence-corrected chi connectivity index (χ2v) is 17.6. The molecule has 0 saturated carbocycles. The van der Waals surface area contributed by atoms with Gasteiger partial charge in [-0.25, -0.2) is 0 Å². The van der Waals surface area contributed by atoms with Crippen LogP contribution in [-0.4, -0.2) is 0 Å². The van der Waals surface area contributed by atoms with E-state index in [1.54, 1.807) is 0 Å². The monoisotopic (exact) mass is 602 g/mol. The molecule has 0 unspecified atom stereocenters. The van der Waals surface area contributed by atoms with E-state index in [9.17, 15) is 0 Å². The van der Waals surface area contributed by atoms with Gasteiger partial charge in [0, 0.05) is 6.07 Å². The van der Waals surface area contributed by atoms with Crippen molar-refractivity contribution < 1.29 is 4.98 Å². The average molecular weight is 603 g/mol. The van der Waals surface area contributed by atoms with Crippen LogP contribution in [0.15, 0.2) is 200 Å². The van der Waals surface area contributed by atoms with Gasteiger partial charge in [-0.1, -0.05) is 109 Å². The fourth-order valence-corrected chi connectivity index (χ4v) is 15.1. The van der Waals surface area contributed by atoms with E-state index in [2.05, 4.69) is 205 Å². The standard InChI is InChI=1S/C41H33NP2/c1-7-19-34(20-8-1)43(35-21-9-2-10-22-35,36-23-11-3-12-24-36)40-31-32-42-41(33-40)44(37-25-13-4-14-26-37,38-27-15-5-16-28-38)39-29-17-6-18-30-39/h1-33H/q+2/p+1. The number of benzene rings is 6. The molecule has 1 N–H and O–H groups in total. The average Bonchev–Trinajstić information content (AvgIpc) is 3.12. The summed E-state index contributed by atoms with van der Waals surface area (Å²) in [6.07, 6.45) is 2.18. The zero-order valence-electron chi connectivity index (χ0n) is 24.4. The minimum Gasteiger partial charge on any atom is -0.181 e. The molecular weight excluding hydrogens is 568 g/mol. The molecule has 0 amide bonds. The van der Waals surface area contributed by atoms with Gasteiger partial charge in [0.2, 0.25) is 7.26 Å². The van der Waals surface area contributed by atoms with E-state index >= 15 is 0 Å². The number of rotatable bonds is 8. The molecule has 7 aromatic rings. The van der Waals surface area contributed by atoms with Crippen molar-refractivity contribution in [3.63, 3.8) is 0 Å². The van der Waals surface area contributed by atoms with E-state index in [0.29, 0.717) is 0 Å². The Morgan fingerprint density at radius 3 is 0.841 bits per heavy atom. The lowest BCUT2D eigenvalue weighted by Gasteiger charge is -2.28. The first kappa shape index (κ1) is 28.1. The smallest absolute Gasteiger partial charge is 0.181 e. The van der Waals surface area contributed by atoms with Gasteiger partial charge in [0.25, 0.3) is 0 Å². The Balaban J connectivity index is 1.61. The van der Waals surface area contributed by atoms with E-state index in [4.69, 9.17) is 0 Å². The Morgan fingerprint density at radius 1 is 0.273 bits per heavy atom. The molecule has 0 saturated heterocycles. The van der Waals surface area contributed by atoms with Crippen LogP contribution < -0.4 is 47.6 Å². The Bertz CT molecular complexity index is 1600. The number of H-pyrrole nitrogens is 1. The molecule has 210 valence electrons. The molecule has 0 bridgehead atoms. The van der Waals surface area contributed by atoms with Crippen LogP contribution in [0.3, 0.4) is 0 Å². The lowest BCUT2D eigenvalue weighted by Crippen LogP contribution is -2.48. The molecule has 7 rings (SSSR count). The van der Waals surface area contributed by atoms with Crippen molar-refractivity contribution in [3.05, 3.63) is 200 Å². The van der Waals surface area contributed by atoms with Crippen molar-refractivity contribution in [2.75, 3.05) is 0 Å². The highest BCUT2D eigenvalue weighted by molar-refractivity contribution is 8.02. The molecule has 1 heterocycles. The van der Waals surface area contributed by atoms with Gasteiger partial charge in [0.05, 0.1) is 6.07 Å². The van der Waals surface area contributed by atoms with Gasteiger partial charge in [-0.15, -0.1) is 0 Å². The fraction of sp³-hybridized carbons (Fsp3) is 0. The summed E-state index contributed by atoms with van der Waals surface area (Å²) in [5.74, 6) is 0. The Kier molecular flexibility index (Phi) is 8.00. The van der Waals surface area contributed by atoms with Gasteiger partial charge >= 0.3 is 5.44 Å². The topological polar surface area (TPSA) is 14.1 Å². The quantitative estimate of drug-likeness (QED) is 0.197. The lowest BCUT2D eigenvalue weighted by molar-refractivity contribution is -0.355. The largest absolute Gasteiger partial charge is 0.334 e. The van der Waals surface area contributed by atoms with Crippen LogP contribution in [0.5, 0.6) is 0 Å². The summed E-state index contributed by atoms with van der Waals surface area (Å²) < 4.78 is 0. The van der Waals surface area contributed by atoms with Crippen LogP contribution in [0.25, 0.3) is 0 Å². The normalized spacial score (nSPS) is 11.6. The maximum Gasteiger partial charge on any atom is 0.334 e. The molecule has 44 heavy (non-hydrogen) atoms. The Morgan fingerprint density at radius 2 is 0.545 bits per heavy atom. The fourth-order valence-electron chi connectivity index (χ4n) is 6.51.